The van der Waals surface area contributed by atoms with Crippen LogP contribution in [0.3, 0.4) is 0 Å². The van der Waals surface area contributed by atoms with Crippen LogP contribution < -0.4 is 5.43 Å². The molecule has 2 rings (SSSR count). The first-order valence-corrected chi connectivity index (χ1v) is 6.38. The quantitative estimate of drug-likeness (QED) is 0.802. The van der Waals surface area contributed by atoms with E-state index in [4.69, 9.17) is 9.47 Å². The molecule has 0 amide bonds. The van der Waals surface area contributed by atoms with Crippen molar-refractivity contribution in [1.29, 1.82) is 5.26 Å². The number of fused-ring (bicyclic) bond motifs is 1. The predicted molar refractivity (Wildman–Crippen MR) is 72.5 cm³/mol. The van der Waals surface area contributed by atoms with Gasteiger partial charge < -0.3 is 14.6 Å². The van der Waals surface area contributed by atoms with E-state index in [-0.39, 0.29) is 12.6 Å². The van der Waals surface area contributed by atoms with Crippen LogP contribution in [-0.4, -0.2) is 35.5 Å². The maximum absolute atomic E-state index is 9.70. The van der Waals surface area contributed by atoms with E-state index < -0.39 is 5.60 Å². The molecule has 2 aliphatic heterocycles. The fraction of sp³-hybridized carbons (Fsp3) is 0.500. The lowest BCUT2D eigenvalue weighted by molar-refractivity contribution is 0.00390. The predicted octanol–water partition coefficient (Wildman–Crippen LogP) is 1.15. The Morgan fingerprint density at radius 2 is 2.25 bits per heavy atom. The molecule has 0 aliphatic carbocycles. The maximum atomic E-state index is 9.70. The van der Waals surface area contributed by atoms with Gasteiger partial charge in [0.2, 0.25) is 0 Å². The molecular weight excluding hydrogens is 258 g/mol. The molecule has 0 spiro atoms. The van der Waals surface area contributed by atoms with Gasteiger partial charge in [-0.15, -0.1) is 0 Å². The molecule has 0 fully saturated rings. The van der Waals surface area contributed by atoms with E-state index in [9.17, 15) is 10.4 Å². The monoisotopic (exact) mass is 277 g/mol. The summed E-state index contributed by atoms with van der Waals surface area (Å²) in [6.07, 6.45) is 3.46. The summed E-state index contributed by atoms with van der Waals surface area (Å²) in [6, 6.07) is 2.11. The fourth-order valence-corrected chi connectivity index (χ4v) is 2.03. The molecule has 20 heavy (non-hydrogen) atoms. The van der Waals surface area contributed by atoms with Gasteiger partial charge in [-0.25, -0.2) is 5.43 Å². The molecule has 0 aromatic heterocycles. The molecule has 2 N–H and O–H groups in total. The van der Waals surface area contributed by atoms with Gasteiger partial charge >= 0.3 is 0 Å². The lowest BCUT2D eigenvalue weighted by Gasteiger charge is -2.26. The Labute approximate surface area is 118 Å². The highest BCUT2D eigenvalue weighted by atomic mass is 16.5. The van der Waals surface area contributed by atoms with Crippen LogP contribution in [0.4, 0.5) is 0 Å². The number of aliphatic hydroxyl groups is 1. The smallest absolute Gasteiger partial charge is 0.148 e. The van der Waals surface area contributed by atoms with Crippen molar-refractivity contribution in [3.05, 3.63) is 35.1 Å². The highest BCUT2D eigenvalue weighted by Gasteiger charge is 2.33. The molecule has 1 unspecified atom stereocenters. The number of hydrazine groups is 1. The zero-order valence-electron chi connectivity index (χ0n) is 12.1. The molecule has 0 saturated heterocycles. The van der Waals surface area contributed by atoms with Crippen molar-refractivity contribution in [3.63, 3.8) is 0 Å². The fourth-order valence-electron chi connectivity index (χ4n) is 2.03. The van der Waals surface area contributed by atoms with Gasteiger partial charge in [0.25, 0.3) is 0 Å². The molecule has 0 radical (unpaired) electrons. The first kappa shape index (κ1) is 14.4. The Kier molecular flexibility index (Phi) is 3.75. The van der Waals surface area contributed by atoms with Crippen molar-refractivity contribution in [3.8, 4) is 6.07 Å². The van der Waals surface area contributed by atoms with E-state index >= 15 is 0 Å². The third kappa shape index (κ3) is 2.79. The normalized spacial score (nSPS) is 22.0. The topological polar surface area (TPSA) is 77.8 Å². The molecular formula is C14H19N3O3. The van der Waals surface area contributed by atoms with E-state index in [0.29, 0.717) is 22.8 Å². The van der Waals surface area contributed by atoms with Crippen LogP contribution in [-0.2, 0) is 9.47 Å². The van der Waals surface area contributed by atoms with Crippen molar-refractivity contribution in [2.75, 3.05) is 13.7 Å². The second-order valence-corrected chi connectivity index (χ2v) is 5.44. The molecule has 0 saturated carbocycles. The van der Waals surface area contributed by atoms with Gasteiger partial charge in [-0.2, -0.15) is 5.26 Å². The summed E-state index contributed by atoms with van der Waals surface area (Å²) in [4.78, 5) is 0. The summed E-state index contributed by atoms with van der Waals surface area (Å²) < 4.78 is 10.9. The molecule has 6 nitrogen and oxygen atoms in total. The number of nitriles is 1. The SMILES string of the molecule is COC1=CC(OCC(C)(C)O)=CN2NC(C)C(C#N)=C12. The molecule has 0 bridgehead atoms. The van der Waals surface area contributed by atoms with E-state index in [1.54, 1.807) is 38.2 Å². The highest BCUT2D eigenvalue weighted by molar-refractivity contribution is 5.48. The first-order chi connectivity index (χ1) is 9.35. The van der Waals surface area contributed by atoms with Gasteiger partial charge in [0, 0.05) is 6.08 Å². The van der Waals surface area contributed by atoms with Crippen LogP contribution in [0.2, 0.25) is 0 Å². The Morgan fingerprint density at radius 1 is 1.55 bits per heavy atom. The summed E-state index contributed by atoms with van der Waals surface area (Å²) in [5, 5.41) is 20.6. The molecule has 0 aromatic rings. The lowest BCUT2D eigenvalue weighted by Crippen LogP contribution is -2.34. The van der Waals surface area contributed by atoms with Crippen molar-refractivity contribution < 1.29 is 14.6 Å². The average Bonchev–Trinajstić information content (AvgIpc) is 2.69. The van der Waals surface area contributed by atoms with E-state index in [2.05, 4.69) is 11.5 Å². The minimum atomic E-state index is -0.915. The molecule has 6 heteroatoms. The number of rotatable bonds is 4. The lowest BCUT2D eigenvalue weighted by atomic mass is 10.1. The van der Waals surface area contributed by atoms with E-state index in [0.717, 1.165) is 0 Å². The Balaban J connectivity index is 2.26. The number of methoxy groups -OCH3 is 1. The second-order valence-electron chi connectivity index (χ2n) is 5.44. The minimum absolute atomic E-state index is 0.0848. The molecule has 1 atom stereocenters. The number of nitrogens with one attached hydrogen (secondary N) is 1. The number of hydrogen-bond donors (Lipinski definition) is 2. The third-order valence-corrected chi connectivity index (χ3v) is 2.96. The van der Waals surface area contributed by atoms with Crippen molar-refractivity contribution >= 4 is 0 Å². The first-order valence-electron chi connectivity index (χ1n) is 6.38. The van der Waals surface area contributed by atoms with Gasteiger partial charge in [0.15, 0.2) is 0 Å². The average molecular weight is 277 g/mol. The van der Waals surface area contributed by atoms with Crippen LogP contribution in [0.15, 0.2) is 35.1 Å². The second kappa shape index (κ2) is 5.19. The summed E-state index contributed by atoms with van der Waals surface area (Å²) in [5.41, 5.74) is 3.56. The summed E-state index contributed by atoms with van der Waals surface area (Å²) >= 11 is 0. The maximum Gasteiger partial charge on any atom is 0.148 e. The van der Waals surface area contributed by atoms with Gasteiger partial charge in [0.05, 0.1) is 36.6 Å². The number of hydrogen-bond acceptors (Lipinski definition) is 6. The molecule has 0 aromatic carbocycles. The van der Waals surface area contributed by atoms with E-state index in [1.165, 1.54) is 0 Å². The highest BCUT2D eigenvalue weighted by Crippen LogP contribution is 2.32. The Hall–Kier alpha value is -1.97. The molecule has 108 valence electrons. The molecule has 2 heterocycles. The van der Waals surface area contributed by atoms with Crippen molar-refractivity contribution in [2.45, 2.75) is 32.4 Å². The minimum Gasteiger partial charge on any atom is -0.494 e. The van der Waals surface area contributed by atoms with Crippen LogP contribution in [0.25, 0.3) is 0 Å². The number of ether oxygens (including phenoxy) is 2. The van der Waals surface area contributed by atoms with E-state index in [1.807, 2.05) is 6.92 Å². The van der Waals surface area contributed by atoms with Gasteiger partial charge in [-0.1, -0.05) is 0 Å². The van der Waals surface area contributed by atoms with Crippen LogP contribution >= 0.6 is 0 Å². The summed E-state index contributed by atoms with van der Waals surface area (Å²) in [7, 11) is 1.55. The van der Waals surface area contributed by atoms with Crippen LogP contribution in [0, 0.1) is 11.3 Å². The van der Waals surface area contributed by atoms with Gasteiger partial charge in [-0.3, -0.25) is 5.01 Å². The van der Waals surface area contributed by atoms with Gasteiger partial charge in [-0.05, 0) is 20.8 Å². The van der Waals surface area contributed by atoms with Crippen LogP contribution in [0.1, 0.15) is 20.8 Å². The Bertz CT molecular complexity index is 535. The largest absolute Gasteiger partial charge is 0.494 e. The third-order valence-electron chi connectivity index (χ3n) is 2.96. The van der Waals surface area contributed by atoms with Crippen LogP contribution in [0.5, 0.6) is 0 Å². The molecule has 2 aliphatic rings. The van der Waals surface area contributed by atoms with Crippen molar-refractivity contribution in [1.82, 2.24) is 10.4 Å². The number of nitrogens with zero attached hydrogens (tertiary/aromatic N) is 2. The zero-order chi connectivity index (χ0) is 14.9. The standard InChI is InChI=1S/C14H19N3O3/c1-9-11(6-15)13-12(19-4)5-10(7-17(13)16-9)20-8-14(2,3)18/h5,7,9,16,18H,8H2,1-4H3. The number of allylic oxidation sites excluding steroid dienone is 1. The van der Waals surface area contributed by atoms with Gasteiger partial charge in [0.1, 0.15) is 23.8 Å². The summed E-state index contributed by atoms with van der Waals surface area (Å²) in [6.45, 7) is 5.42. The zero-order valence-corrected chi connectivity index (χ0v) is 12.1. The Morgan fingerprint density at radius 3 is 2.80 bits per heavy atom. The van der Waals surface area contributed by atoms with Crippen molar-refractivity contribution in [2.24, 2.45) is 0 Å². The summed E-state index contributed by atoms with van der Waals surface area (Å²) in [5.74, 6) is 1.12.